The highest BCUT2D eigenvalue weighted by atomic mass is 32.1. The van der Waals surface area contributed by atoms with Crippen LogP contribution in [0.1, 0.15) is 5.69 Å². The van der Waals surface area contributed by atoms with Gasteiger partial charge in [0.2, 0.25) is 0 Å². The van der Waals surface area contributed by atoms with Crippen molar-refractivity contribution in [1.29, 1.82) is 0 Å². The lowest BCUT2D eigenvalue weighted by molar-refractivity contribution is 0.278. The predicted molar refractivity (Wildman–Crippen MR) is 114 cm³/mol. The average molecular weight is 399 g/mol. The highest BCUT2D eigenvalue weighted by Gasteiger charge is 2.21. The van der Waals surface area contributed by atoms with Gasteiger partial charge in [0.05, 0.1) is 18.6 Å². The summed E-state index contributed by atoms with van der Waals surface area (Å²) in [5, 5.41) is 11.0. The molecule has 0 amide bonds. The van der Waals surface area contributed by atoms with Gasteiger partial charge in [-0.2, -0.15) is 0 Å². The van der Waals surface area contributed by atoms with Crippen molar-refractivity contribution < 1.29 is 5.11 Å². The number of imidazole rings is 1. The first-order chi connectivity index (χ1) is 14.2. The number of pyridine rings is 1. The number of rotatable bonds is 4. The molecule has 6 nitrogen and oxygen atoms in total. The van der Waals surface area contributed by atoms with Gasteiger partial charge in [0.1, 0.15) is 10.5 Å². The Bertz CT molecular complexity index is 1300. The second-order valence-corrected chi connectivity index (χ2v) is 7.66. The summed E-state index contributed by atoms with van der Waals surface area (Å²) < 4.78 is 1.85. The van der Waals surface area contributed by atoms with Gasteiger partial charge >= 0.3 is 0 Å². The predicted octanol–water partition coefficient (Wildman–Crippen LogP) is 4.31. The minimum Gasteiger partial charge on any atom is -0.390 e. The van der Waals surface area contributed by atoms with Gasteiger partial charge in [-0.25, -0.2) is 15.0 Å². The monoisotopic (exact) mass is 399 g/mol. The van der Waals surface area contributed by atoms with E-state index >= 15 is 0 Å². The normalized spacial score (nSPS) is 11.2. The fourth-order valence-corrected chi connectivity index (χ4v) is 4.64. The molecule has 4 aromatic heterocycles. The van der Waals surface area contributed by atoms with Crippen molar-refractivity contribution in [2.24, 2.45) is 7.05 Å². The molecule has 1 N–H and O–H groups in total. The molecular weight excluding hydrogens is 382 g/mol. The third-order valence-corrected chi connectivity index (χ3v) is 5.85. The number of aliphatic hydroxyl groups excluding tert-OH is 1. The van der Waals surface area contributed by atoms with E-state index in [2.05, 4.69) is 27.1 Å². The van der Waals surface area contributed by atoms with Crippen LogP contribution < -0.4 is 0 Å². The Labute approximate surface area is 171 Å². The first-order valence-electron chi connectivity index (χ1n) is 9.13. The molecule has 29 heavy (non-hydrogen) atoms. The molecule has 142 valence electrons. The van der Waals surface area contributed by atoms with Crippen molar-refractivity contribution in [3.63, 3.8) is 0 Å². The molecule has 7 heteroatoms. The summed E-state index contributed by atoms with van der Waals surface area (Å²) in [7, 11) is 1.90. The van der Waals surface area contributed by atoms with Gasteiger partial charge in [0, 0.05) is 41.5 Å². The van der Waals surface area contributed by atoms with Crippen molar-refractivity contribution in [2.75, 3.05) is 0 Å². The molecule has 0 saturated heterocycles. The number of benzene rings is 1. The van der Waals surface area contributed by atoms with Crippen molar-refractivity contribution in [2.45, 2.75) is 6.61 Å². The minimum atomic E-state index is -0.175. The van der Waals surface area contributed by atoms with Gasteiger partial charge in [-0.15, -0.1) is 11.3 Å². The van der Waals surface area contributed by atoms with Crippen LogP contribution in [0.4, 0.5) is 0 Å². The zero-order chi connectivity index (χ0) is 19.8. The summed E-state index contributed by atoms with van der Waals surface area (Å²) in [4.78, 5) is 19.9. The lowest BCUT2D eigenvalue weighted by atomic mass is 9.99. The quantitative estimate of drug-likeness (QED) is 0.487. The van der Waals surface area contributed by atoms with Crippen LogP contribution in [-0.4, -0.2) is 29.6 Å². The maximum Gasteiger partial charge on any atom is 0.181 e. The molecule has 0 spiro atoms. The Morgan fingerprint density at radius 1 is 1.00 bits per heavy atom. The summed E-state index contributed by atoms with van der Waals surface area (Å²) >= 11 is 1.59. The first-order valence-corrected chi connectivity index (χ1v) is 9.94. The lowest BCUT2D eigenvalue weighted by Crippen LogP contribution is -1.97. The van der Waals surface area contributed by atoms with Crippen LogP contribution in [0.5, 0.6) is 0 Å². The molecule has 0 saturated carbocycles. The molecule has 4 heterocycles. The van der Waals surface area contributed by atoms with Gasteiger partial charge < -0.3 is 9.67 Å². The summed E-state index contributed by atoms with van der Waals surface area (Å²) in [6.07, 6.45) is 7.16. The highest BCUT2D eigenvalue weighted by Crippen LogP contribution is 2.45. The number of aliphatic hydroxyl groups is 1. The highest BCUT2D eigenvalue weighted by molar-refractivity contribution is 7.22. The van der Waals surface area contributed by atoms with Crippen LogP contribution in [0.2, 0.25) is 0 Å². The van der Waals surface area contributed by atoms with E-state index in [9.17, 15) is 5.11 Å². The molecule has 0 aliphatic heterocycles. The van der Waals surface area contributed by atoms with E-state index in [4.69, 9.17) is 4.98 Å². The molecule has 0 bridgehead atoms. The molecule has 0 fully saturated rings. The minimum absolute atomic E-state index is 0.175. The number of aryl methyl sites for hydroxylation is 1. The van der Waals surface area contributed by atoms with Crippen molar-refractivity contribution in [3.8, 4) is 33.1 Å². The smallest absolute Gasteiger partial charge is 0.181 e. The number of hydrogen-bond donors (Lipinski definition) is 1. The van der Waals surface area contributed by atoms with Gasteiger partial charge in [0.25, 0.3) is 0 Å². The lowest BCUT2D eigenvalue weighted by Gasteiger charge is -2.08. The van der Waals surface area contributed by atoms with Crippen molar-refractivity contribution in [3.05, 3.63) is 73.1 Å². The standard InChI is InChI=1S/C22H17N5OS/c1-27-11-16(24-13-27)21-25-17(12-28)19-18(14-5-3-2-4-6-14)20(29-22(19)26-21)15-7-9-23-10-8-15/h2-11,13,28H,12H2,1H3. The van der Waals surface area contributed by atoms with E-state index in [-0.39, 0.29) is 6.61 Å². The van der Waals surface area contributed by atoms with Gasteiger partial charge in [-0.05, 0) is 23.3 Å². The SMILES string of the molecule is Cn1cnc(-c2nc(CO)c3c(-c4ccccc4)c(-c4ccncc4)sc3n2)c1. The second kappa shape index (κ2) is 7.20. The molecule has 0 atom stereocenters. The number of hydrogen-bond acceptors (Lipinski definition) is 6. The molecule has 1 aromatic carbocycles. The largest absolute Gasteiger partial charge is 0.390 e. The van der Waals surface area contributed by atoms with Crippen LogP contribution in [0.25, 0.3) is 43.3 Å². The van der Waals surface area contributed by atoms with Crippen LogP contribution in [-0.2, 0) is 13.7 Å². The number of aromatic nitrogens is 5. The Balaban J connectivity index is 1.84. The topological polar surface area (TPSA) is 76.7 Å². The van der Waals surface area contributed by atoms with E-state index in [1.54, 1.807) is 30.1 Å². The molecule has 0 aliphatic rings. The van der Waals surface area contributed by atoms with Crippen LogP contribution >= 0.6 is 11.3 Å². The molecular formula is C22H17N5OS. The zero-order valence-electron chi connectivity index (χ0n) is 15.6. The third kappa shape index (κ3) is 3.10. The van der Waals surface area contributed by atoms with E-state index in [0.29, 0.717) is 17.2 Å². The summed E-state index contributed by atoms with van der Waals surface area (Å²) in [5.74, 6) is 0.518. The van der Waals surface area contributed by atoms with E-state index < -0.39 is 0 Å². The number of fused-ring (bicyclic) bond motifs is 1. The average Bonchev–Trinajstić information content (AvgIpc) is 3.38. The molecule has 0 radical (unpaired) electrons. The fourth-order valence-electron chi connectivity index (χ4n) is 3.41. The Hall–Kier alpha value is -3.42. The maximum absolute atomic E-state index is 10.1. The van der Waals surface area contributed by atoms with E-state index in [1.165, 1.54) is 0 Å². The molecule has 0 aliphatic carbocycles. The molecule has 5 aromatic rings. The molecule has 0 unspecified atom stereocenters. The zero-order valence-corrected chi connectivity index (χ0v) is 16.5. The van der Waals surface area contributed by atoms with Crippen LogP contribution in [0.15, 0.2) is 67.4 Å². The summed E-state index contributed by atoms with van der Waals surface area (Å²) in [5.41, 5.74) is 4.45. The van der Waals surface area contributed by atoms with Gasteiger partial charge in [-0.1, -0.05) is 30.3 Å². The summed E-state index contributed by atoms with van der Waals surface area (Å²) in [6, 6.07) is 14.1. The first kappa shape index (κ1) is 17.7. The van der Waals surface area contributed by atoms with E-state index in [0.717, 1.165) is 31.8 Å². The van der Waals surface area contributed by atoms with Crippen molar-refractivity contribution >= 4 is 21.6 Å². The Kier molecular flexibility index (Phi) is 4.38. The van der Waals surface area contributed by atoms with Crippen LogP contribution in [0.3, 0.4) is 0 Å². The fraction of sp³-hybridized carbons (Fsp3) is 0.0909. The van der Waals surface area contributed by atoms with Gasteiger partial charge in [0.15, 0.2) is 5.82 Å². The number of thiophene rings is 1. The maximum atomic E-state index is 10.1. The Morgan fingerprint density at radius 2 is 1.79 bits per heavy atom. The number of nitrogens with zero attached hydrogens (tertiary/aromatic N) is 5. The molecule has 5 rings (SSSR count). The van der Waals surface area contributed by atoms with Gasteiger partial charge in [-0.3, -0.25) is 4.98 Å². The summed E-state index contributed by atoms with van der Waals surface area (Å²) in [6.45, 7) is -0.175. The Morgan fingerprint density at radius 3 is 2.48 bits per heavy atom. The van der Waals surface area contributed by atoms with Crippen molar-refractivity contribution in [1.82, 2.24) is 24.5 Å². The third-order valence-electron chi connectivity index (χ3n) is 4.72. The van der Waals surface area contributed by atoms with E-state index in [1.807, 2.05) is 48.1 Å². The van der Waals surface area contributed by atoms with Crippen LogP contribution in [0, 0.1) is 0 Å². The second-order valence-electron chi connectivity index (χ2n) is 6.66.